The van der Waals surface area contributed by atoms with Crippen molar-refractivity contribution in [1.29, 1.82) is 0 Å². The fourth-order valence-corrected chi connectivity index (χ4v) is 3.75. The monoisotopic (exact) mass is 359 g/mol. The molecule has 140 valence electrons. The van der Waals surface area contributed by atoms with Gasteiger partial charge in [0.2, 0.25) is 0 Å². The predicted molar refractivity (Wildman–Crippen MR) is 117 cm³/mol. The Labute approximate surface area is 164 Å². The molecule has 0 aliphatic rings. The lowest BCUT2D eigenvalue weighted by molar-refractivity contribution is -0.936. The maximum absolute atomic E-state index is 2.31. The molecule has 2 nitrogen and oxygen atoms in total. The highest BCUT2D eigenvalue weighted by Crippen LogP contribution is 2.34. The van der Waals surface area contributed by atoms with Crippen LogP contribution in [-0.4, -0.2) is 24.1 Å². The molecule has 2 heteroatoms. The first-order chi connectivity index (χ1) is 13.2. The number of hydrogen-bond donors (Lipinski definition) is 0. The molecule has 0 fully saturated rings. The van der Waals surface area contributed by atoms with Crippen molar-refractivity contribution in [2.45, 2.75) is 27.3 Å². The molecule has 27 heavy (non-hydrogen) atoms. The van der Waals surface area contributed by atoms with E-state index in [0.717, 1.165) is 11.0 Å². The van der Waals surface area contributed by atoms with E-state index in [1.165, 1.54) is 42.3 Å². The van der Waals surface area contributed by atoms with Crippen molar-refractivity contribution < 1.29 is 4.48 Å². The van der Waals surface area contributed by atoms with Crippen LogP contribution in [0.5, 0.6) is 0 Å². The second-order valence-corrected chi connectivity index (χ2v) is 7.12. The van der Waals surface area contributed by atoms with E-state index in [1.54, 1.807) is 0 Å². The smallest absolute Gasteiger partial charge is 0.104 e. The molecule has 0 heterocycles. The molecule has 0 saturated heterocycles. The molecule has 0 N–H and O–H groups in total. The number of anilines is 3. The van der Waals surface area contributed by atoms with Crippen molar-refractivity contribution in [1.82, 2.24) is 0 Å². The Bertz CT molecular complexity index is 758. The van der Waals surface area contributed by atoms with Crippen LogP contribution in [0.15, 0.2) is 84.9 Å². The van der Waals surface area contributed by atoms with E-state index >= 15 is 0 Å². The van der Waals surface area contributed by atoms with Crippen LogP contribution in [0.2, 0.25) is 0 Å². The number of hydrogen-bond acceptors (Lipinski definition) is 1. The highest BCUT2D eigenvalue weighted by molar-refractivity contribution is 5.76. The van der Waals surface area contributed by atoms with Gasteiger partial charge in [0.05, 0.1) is 19.6 Å². The number of para-hydroxylation sites is 2. The maximum atomic E-state index is 2.31. The molecule has 0 atom stereocenters. The normalized spacial score (nSPS) is 11.4. The van der Waals surface area contributed by atoms with Gasteiger partial charge in [-0.1, -0.05) is 48.5 Å². The van der Waals surface area contributed by atoms with E-state index in [1.807, 2.05) is 0 Å². The Morgan fingerprint density at radius 2 is 0.963 bits per heavy atom. The van der Waals surface area contributed by atoms with Gasteiger partial charge in [0.15, 0.2) is 0 Å². The first-order valence-electron chi connectivity index (χ1n) is 10.1. The molecule has 3 aromatic rings. The maximum Gasteiger partial charge on any atom is 0.104 e. The highest BCUT2D eigenvalue weighted by Gasteiger charge is 2.21. The Balaban J connectivity index is 1.93. The van der Waals surface area contributed by atoms with E-state index in [9.17, 15) is 0 Å². The van der Waals surface area contributed by atoms with E-state index < -0.39 is 0 Å². The number of rotatable bonds is 8. The summed E-state index contributed by atoms with van der Waals surface area (Å²) in [4.78, 5) is 2.31. The zero-order chi connectivity index (χ0) is 19.1. The largest absolute Gasteiger partial charge is 0.321 e. The molecular formula is C25H31N2+. The number of quaternary nitrogens is 1. The highest BCUT2D eigenvalue weighted by atomic mass is 15.3. The van der Waals surface area contributed by atoms with Gasteiger partial charge in [-0.05, 0) is 57.2 Å². The summed E-state index contributed by atoms with van der Waals surface area (Å²) in [6.07, 6.45) is 0. The molecule has 0 aliphatic carbocycles. The van der Waals surface area contributed by atoms with E-state index in [-0.39, 0.29) is 0 Å². The summed E-state index contributed by atoms with van der Waals surface area (Å²) in [6, 6.07) is 30.2. The van der Waals surface area contributed by atoms with Crippen LogP contribution in [0.4, 0.5) is 17.1 Å². The van der Waals surface area contributed by atoms with Gasteiger partial charge < -0.3 is 9.38 Å². The van der Waals surface area contributed by atoms with Crippen molar-refractivity contribution in [3.63, 3.8) is 0 Å². The predicted octanol–water partition coefficient (Wildman–Crippen LogP) is 6.53. The molecule has 0 saturated carbocycles. The Morgan fingerprint density at radius 3 is 1.37 bits per heavy atom. The second kappa shape index (κ2) is 8.88. The van der Waals surface area contributed by atoms with E-state index in [0.29, 0.717) is 0 Å². The summed E-state index contributed by atoms with van der Waals surface area (Å²) < 4.78 is 1.14. The van der Waals surface area contributed by atoms with Crippen LogP contribution in [-0.2, 0) is 6.54 Å². The van der Waals surface area contributed by atoms with Crippen molar-refractivity contribution in [3.8, 4) is 0 Å². The zero-order valence-corrected chi connectivity index (χ0v) is 16.8. The zero-order valence-electron chi connectivity index (χ0n) is 16.8. The molecular weight excluding hydrogens is 328 g/mol. The Kier molecular flexibility index (Phi) is 6.31. The third-order valence-corrected chi connectivity index (χ3v) is 5.75. The van der Waals surface area contributed by atoms with E-state index in [2.05, 4.69) is 111 Å². The topological polar surface area (TPSA) is 3.24 Å². The second-order valence-electron chi connectivity index (χ2n) is 7.12. The van der Waals surface area contributed by atoms with Gasteiger partial charge in [-0.2, -0.15) is 0 Å². The summed E-state index contributed by atoms with van der Waals surface area (Å²) in [5.74, 6) is 0. The summed E-state index contributed by atoms with van der Waals surface area (Å²) >= 11 is 0. The van der Waals surface area contributed by atoms with Crippen molar-refractivity contribution >= 4 is 17.1 Å². The fourth-order valence-electron chi connectivity index (χ4n) is 3.75. The molecule has 0 spiro atoms. The van der Waals surface area contributed by atoms with Crippen molar-refractivity contribution in [2.24, 2.45) is 0 Å². The molecule has 3 rings (SSSR count). The van der Waals surface area contributed by atoms with Gasteiger partial charge in [-0.3, -0.25) is 0 Å². The molecule has 0 aliphatic heterocycles. The molecule has 0 aromatic heterocycles. The average Bonchev–Trinajstić information content (AvgIpc) is 2.75. The SMILES string of the molecule is CC[N+](CC)(CC)Cc1ccc(N(c2ccccc2)c2ccccc2)cc1. The summed E-state index contributed by atoms with van der Waals surface area (Å²) in [5.41, 5.74) is 4.96. The summed E-state index contributed by atoms with van der Waals surface area (Å²) in [7, 11) is 0. The third-order valence-electron chi connectivity index (χ3n) is 5.75. The number of nitrogens with zero attached hydrogens (tertiary/aromatic N) is 2. The Morgan fingerprint density at radius 1 is 0.556 bits per heavy atom. The third kappa shape index (κ3) is 4.40. The lowest BCUT2D eigenvalue weighted by Gasteiger charge is -2.36. The minimum atomic E-state index is 1.10. The van der Waals surface area contributed by atoms with Gasteiger partial charge in [-0.25, -0.2) is 0 Å². The van der Waals surface area contributed by atoms with Crippen LogP contribution in [0, 0.1) is 0 Å². The minimum Gasteiger partial charge on any atom is -0.321 e. The fraction of sp³-hybridized carbons (Fsp3) is 0.280. The molecule has 0 radical (unpaired) electrons. The van der Waals surface area contributed by atoms with Crippen LogP contribution >= 0.6 is 0 Å². The van der Waals surface area contributed by atoms with Gasteiger partial charge in [0, 0.05) is 22.6 Å². The van der Waals surface area contributed by atoms with Crippen molar-refractivity contribution in [3.05, 3.63) is 90.5 Å². The average molecular weight is 360 g/mol. The molecule has 0 bridgehead atoms. The van der Waals surface area contributed by atoms with Gasteiger partial charge in [-0.15, -0.1) is 0 Å². The van der Waals surface area contributed by atoms with Crippen LogP contribution < -0.4 is 4.90 Å². The quantitative estimate of drug-likeness (QED) is 0.413. The summed E-state index contributed by atoms with van der Waals surface area (Å²) in [6.45, 7) is 11.5. The summed E-state index contributed by atoms with van der Waals surface area (Å²) in [5, 5.41) is 0. The first kappa shape index (κ1) is 19.2. The van der Waals surface area contributed by atoms with E-state index in [4.69, 9.17) is 0 Å². The Hall–Kier alpha value is -2.58. The van der Waals surface area contributed by atoms with Crippen LogP contribution in [0.25, 0.3) is 0 Å². The first-order valence-corrected chi connectivity index (χ1v) is 10.1. The van der Waals surface area contributed by atoms with Gasteiger partial charge >= 0.3 is 0 Å². The number of benzene rings is 3. The lowest BCUT2D eigenvalue weighted by Crippen LogP contribution is -2.46. The molecule has 0 unspecified atom stereocenters. The van der Waals surface area contributed by atoms with Crippen molar-refractivity contribution in [2.75, 3.05) is 24.5 Å². The molecule has 3 aromatic carbocycles. The van der Waals surface area contributed by atoms with Gasteiger partial charge in [0.25, 0.3) is 0 Å². The van der Waals surface area contributed by atoms with Gasteiger partial charge in [0.1, 0.15) is 6.54 Å². The standard InChI is InChI=1S/C25H31N2/c1-4-27(5-2,6-3)21-22-17-19-25(20-18-22)26(23-13-9-7-10-14-23)24-15-11-8-12-16-24/h7-20H,4-6,21H2,1-3H3/q+1. The van der Waals surface area contributed by atoms with Crippen LogP contribution in [0.3, 0.4) is 0 Å². The molecule has 0 amide bonds. The lowest BCUT2D eigenvalue weighted by atomic mass is 10.1. The van der Waals surface area contributed by atoms with Crippen LogP contribution in [0.1, 0.15) is 26.3 Å². The minimum absolute atomic E-state index is 1.10.